The summed E-state index contributed by atoms with van der Waals surface area (Å²) in [7, 11) is 0. The molecule has 1 aromatic rings. The molecule has 2 N–H and O–H groups in total. The molecule has 1 aliphatic heterocycles. The second-order valence-electron chi connectivity index (χ2n) is 5.91. The Hall–Kier alpha value is -2.04. The number of nitrogens with two attached hydrogens (primary N) is 1. The summed E-state index contributed by atoms with van der Waals surface area (Å²) in [6, 6.07) is 5.43. The molecule has 0 unspecified atom stereocenters. The lowest BCUT2D eigenvalue weighted by Gasteiger charge is -2.35. The SMILES string of the molecule is Cc1c(N)cccc1C(=O)N1CCN(C(=O)C2CC2)CC1. The number of hydrogen-bond acceptors (Lipinski definition) is 3. The number of anilines is 1. The number of amides is 2. The van der Waals surface area contributed by atoms with Gasteiger partial charge in [-0.1, -0.05) is 6.07 Å². The normalized spacial score (nSPS) is 18.7. The first-order chi connectivity index (χ1) is 10.1. The number of hydrogen-bond donors (Lipinski definition) is 1. The first kappa shape index (κ1) is 13.9. The third-order valence-electron chi connectivity index (χ3n) is 4.41. The Bertz CT molecular complexity index is 573. The van der Waals surface area contributed by atoms with Crippen molar-refractivity contribution in [2.75, 3.05) is 31.9 Å². The Kier molecular flexibility index (Phi) is 3.57. The molecule has 1 aromatic carbocycles. The topological polar surface area (TPSA) is 66.6 Å². The lowest BCUT2D eigenvalue weighted by molar-refractivity contribution is -0.134. The third kappa shape index (κ3) is 2.73. The van der Waals surface area contributed by atoms with Gasteiger partial charge in [0, 0.05) is 43.3 Å². The molecule has 2 amide bonds. The van der Waals surface area contributed by atoms with E-state index in [1.165, 1.54) is 0 Å². The molecule has 5 heteroatoms. The minimum Gasteiger partial charge on any atom is -0.398 e. The number of benzene rings is 1. The van der Waals surface area contributed by atoms with Crippen molar-refractivity contribution in [2.45, 2.75) is 19.8 Å². The van der Waals surface area contributed by atoms with Crippen LogP contribution in [0, 0.1) is 12.8 Å². The molecule has 21 heavy (non-hydrogen) atoms. The molecule has 5 nitrogen and oxygen atoms in total. The number of carbonyl (C=O) groups excluding carboxylic acids is 2. The van der Waals surface area contributed by atoms with Gasteiger partial charge in [-0.3, -0.25) is 9.59 Å². The molecule has 0 bridgehead atoms. The van der Waals surface area contributed by atoms with Crippen molar-refractivity contribution in [3.63, 3.8) is 0 Å². The van der Waals surface area contributed by atoms with Crippen LogP contribution >= 0.6 is 0 Å². The molecule has 112 valence electrons. The molecule has 1 saturated heterocycles. The number of rotatable bonds is 2. The minimum absolute atomic E-state index is 0.0123. The molecule has 1 saturated carbocycles. The van der Waals surface area contributed by atoms with E-state index in [4.69, 9.17) is 5.73 Å². The van der Waals surface area contributed by atoms with E-state index in [2.05, 4.69) is 0 Å². The Morgan fingerprint density at radius 1 is 1.10 bits per heavy atom. The van der Waals surface area contributed by atoms with Crippen molar-refractivity contribution >= 4 is 17.5 Å². The Balaban J connectivity index is 1.64. The Morgan fingerprint density at radius 2 is 1.71 bits per heavy atom. The smallest absolute Gasteiger partial charge is 0.254 e. The standard InChI is InChI=1S/C16H21N3O2/c1-11-13(3-2-4-14(11)17)16(21)19-9-7-18(8-10-19)15(20)12-5-6-12/h2-4,12H,5-10,17H2,1H3. The highest BCUT2D eigenvalue weighted by atomic mass is 16.2. The predicted molar refractivity (Wildman–Crippen MR) is 80.8 cm³/mol. The first-order valence-corrected chi connectivity index (χ1v) is 7.51. The molecule has 3 rings (SSSR count). The van der Waals surface area contributed by atoms with Crippen LogP contribution in [0.15, 0.2) is 18.2 Å². The molecule has 0 aromatic heterocycles. The lowest BCUT2D eigenvalue weighted by Crippen LogP contribution is -2.51. The lowest BCUT2D eigenvalue weighted by atomic mass is 10.1. The molecular weight excluding hydrogens is 266 g/mol. The molecule has 0 atom stereocenters. The van der Waals surface area contributed by atoms with Crippen LogP contribution in [0.1, 0.15) is 28.8 Å². The third-order valence-corrected chi connectivity index (χ3v) is 4.41. The average Bonchev–Trinajstić information content (AvgIpc) is 3.33. The summed E-state index contributed by atoms with van der Waals surface area (Å²) in [6.45, 7) is 4.36. The second kappa shape index (κ2) is 5.39. The summed E-state index contributed by atoms with van der Waals surface area (Å²) >= 11 is 0. The van der Waals surface area contributed by atoms with E-state index in [-0.39, 0.29) is 17.7 Å². The number of piperazine rings is 1. The molecule has 1 aliphatic carbocycles. The van der Waals surface area contributed by atoms with Crippen LogP contribution in [0.25, 0.3) is 0 Å². The molecule has 2 fully saturated rings. The van der Waals surface area contributed by atoms with Gasteiger partial charge < -0.3 is 15.5 Å². The number of nitrogen functional groups attached to an aromatic ring is 1. The van der Waals surface area contributed by atoms with Gasteiger partial charge >= 0.3 is 0 Å². The van der Waals surface area contributed by atoms with E-state index < -0.39 is 0 Å². The van der Waals surface area contributed by atoms with Gasteiger partial charge in [0.15, 0.2) is 0 Å². The zero-order chi connectivity index (χ0) is 15.0. The highest BCUT2D eigenvalue weighted by molar-refractivity contribution is 5.97. The highest BCUT2D eigenvalue weighted by Crippen LogP contribution is 2.31. The van der Waals surface area contributed by atoms with Gasteiger partial charge in [-0.2, -0.15) is 0 Å². The zero-order valence-corrected chi connectivity index (χ0v) is 12.3. The summed E-state index contributed by atoms with van der Waals surface area (Å²) in [4.78, 5) is 28.3. The van der Waals surface area contributed by atoms with E-state index in [0.29, 0.717) is 37.4 Å². The van der Waals surface area contributed by atoms with Crippen molar-refractivity contribution in [1.82, 2.24) is 9.80 Å². The number of carbonyl (C=O) groups is 2. The van der Waals surface area contributed by atoms with Crippen molar-refractivity contribution in [3.8, 4) is 0 Å². The predicted octanol–water partition coefficient (Wildman–Crippen LogP) is 1.27. The van der Waals surface area contributed by atoms with E-state index in [0.717, 1.165) is 18.4 Å². The minimum atomic E-state index is 0.0123. The zero-order valence-electron chi connectivity index (χ0n) is 12.3. The molecule has 0 radical (unpaired) electrons. The average molecular weight is 287 g/mol. The van der Waals surface area contributed by atoms with Crippen molar-refractivity contribution in [3.05, 3.63) is 29.3 Å². The van der Waals surface area contributed by atoms with E-state index >= 15 is 0 Å². The van der Waals surface area contributed by atoms with E-state index in [9.17, 15) is 9.59 Å². The van der Waals surface area contributed by atoms with Crippen LogP contribution in [0.5, 0.6) is 0 Å². The second-order valence-corrected chi connectivity index (χ2v) is 5.91. The van der Waals surface area contributed by atoms with Crippen LogP contribution in [0.4, 0.5) is 5.69 Å². The monoisotopic (exact) mass is 287 g/mol. The Morgan fingerprint density at radius 3 is 2.33 bits per heavy atom. The fraction of sp³-hybridized carbons (Fsp3) is 0.500. The van der Waals surface area contributed by atoms with Crippen LogP contribution in [0.2, 0.25) is 0 Å². The van der Waals surface area contributed by atoms with Crippen LogP contribution in [0.3, 0.4) is 0 Å². The van der Waals surface area contributed by atoms with E-state index in [1.807, 2.05) is 28.9 Å². The maximum Gasteiger partial charge on any atom is 0.254 e. The van der Waals surface area contributed by atoms with Gasteiger partial charge in [-0.25, -0.2) is 0 Å². The van der Waals surface area contributed by atoms with E-state index in [1.54, 1.807) is 6.07 Å². The Labute approximate surface area is 124 Å². The number of nitrogens with zero attached hydrogens (tertiary/aromatic N) is 2. The van der Waals surface area contributed by atoms with Crippen molar-refractivity contribution < 1.29 is 9.59 Å². The van der Waals surface area contributed by atoms with Gasteiger partial charge in [0.25, 0.3) is 5.91 Å². The van der Waals surface area contributed by atoms with Crippen LogP contribution < -0.4 is 5.73 Å². The van der Waals surface area contributed by atoms with Gasteiger partial charge in [0.1, 0.15) is 0 Å². The highest BCUT2D eigenvalue weighted by Gasteiger charge is 2.35. The molecule has 0 spiro atoms. The summed E-state index contributed by atoms with van der Waals surface area (Å²) in [5.74, 6) is 0.531. The van der Waals surface area contributed by atoms with Gasteiger partial charge in [0.05, 0.1) is 0 Å². The maximum atomic E-state index is 12.6. The first-order valence-electron chi connectivity index (χ1n) is 7.51. The summed E-state index contributed by atoms with van der Waals surface area (Å²) in [5.41, 5.74) is 8.00. The summed E-state index contributed by atoms with van der Waals surface area (Å²) < 4.78 is 0. The van der Waals surface area contributed by atoms with Crippen LogP contribution in [-0.2, 0) is 4.79 Å². The fourth-order valence-electron chi connectivity index (χ4n) is 2.77. The van der Waals surface area contributed by atoms with Crippen molar-refractivity contribution in [2.24, 2.45) is 5.92 Å². The fourth-order valence-corrected chi connectivity index (χ4v) is 2.77. The largest absolute Gasteiger partial charge is 0.398 e. The van der Waals surface area contributed by atoms with Crippen LogP contribution in [-0.4, -0.2) is 47.8 Å². The van der Waals surface area contributed by atoms with Gasteiger partial charge in [0.2, 0.25) is 5.91 Å². The molecule has 2 aliphatic rings. The maximum absolute atomic E-state index is 12.6. The summed E-state index contributed by atoms with van der Waals surface area (Å²) in [5, 5.41) is 0. The quantitative estimate of drug-likeness (QED) is 0.833. The molecular formula is C16H21N3O2. The van der Waals surface area contributed by atoms with Crippen molar-refractivity contribution in [1.29, 1.82) is 0 Å². The molecule has 1 heterocycles. The van der Waals surface area contributed by atoms with Gasteiger partial charge in [-0.05, 0) is 37.5 Å². The van der Waals surface area contributed by atoms with Gasteiger partial charge in [-0.15, -0.1) is 0 Å². The summed E-state index contributed by atoms with van der Waals surface area (Å²) in [6.07, 6.45) is 2.06.